The summed E-state index contributed by atoms with van der Waals surface area (Å²) >= 11 is 0. The van der Waals surface area contributed by atoms with Gasteiger partial charge in [0.1, 0.15) is 17.3 Å². The number of aliphatic hydroxyl groups excluding tert-OH is 1. The van der Waals surface area contributed by atoms with Crippen molar-refractivity contribution in [2.45, 2.75) is 6.10 Å². The van der Waals surface area contributed by atoms with Crippen molar-refractivity contribution in [3.63, 3.8) is 0 Å². The molecule has 0 spiro atoms. The van der Waals surface area contributed by atoms with Gasteiger partial charge in [-0.3, -0.25) is 0 Å². The Morgan fingerprint density at radius 3 is 2.43 bits per heavy atom. The zero-order chi connectivity index (χ0) is 15.2. The Morgan fingerprint density at radius 1 is 1.10 bits per heavy atom. The summed E-state index contributed by atoms with van der Waals surface area (Å²) < 4.78 is 23.2. The number of aliphatic hydroxyl groups is 1. The van der Waals surface area contributed by atoms with Crippen LogP contribution in [0.1, 0.15) is 11.7 Å². The summed E-state index contributed by atoms with van der Waals surface area (Å²) in [5, 5.41) is 13.2. The summed E-state index contributed by atoms with van der Waals surface area (Å²) in [6.45, 7) is 0.286. The van der Waals surface area contributed by atoms with Crippen LogP contribution in [0.5, 0.6) is 11.5 Å². The Labute approximate surface area is 123 Å². The highest BCUT2D eigenvalue weighted by molar-refractivity contribution is 5.59. The fourth-order valence-corrected chi connectivity index (χ4v) is 1.95. The summed E-state index contributed by atoms with van der Waals surface area (Å²) in [6, 6.07) is 11.1. The molecular weight excluding hydrogens is 273 g/mol. The number of benzene rings is 2. The summed E-state index contributed by atoms with van der Waals surface area (Å²) in [4.78, 5) is 0. The number of anilines is 1. The lowest BCUT2D eigenvalue weighted by Crippen LogP contribution is -2.12. The van der Waals surface area contributed by atoms with Crippen LogP contribution in [0.3, 0.4) is 0 Å². The van der Waals surface area contributed by atoms with Crippen LogP contribution in [0, 0.1) is 5.82 Å². The van der Waals surface area contributed by atoms with Gasteiger partial charge in [0.05, 0.1) is 26.0 Å². The number of methoxy groups -OCH3 is 2. The van der Waals surface area contributed by atoms with Gasteiger partial charge in [-0.2, -0.15) is 0 Å². The molecular formula is C16H18FNO3. The number of rotatable bonds is 6. The van der Waals surface area contributed by atoms with Crippen molar-refractivity contribution in [1.29, 1.82) is 0 Å². The van der Waals surface area contributed by atoms with Crippen molar-refractivity contribution in [3.8, 4) is 11.5 Å². The van der Waals surface area contributed by atoms with E-state index >= 15 is 0 Å². The molecule has 0 heterocycles. The van der Waals surface area contributed by atoms with Crippen molar-refractivity contribution in [2.24, 2.45) is 0 Å². The van der Waals surface area contributed by atoms with Gasteiger partial charge >= 0.3 is 0 Å². The minimum atomic E-state index is -0.739. The monoisotopic (exact) mass is 291 g/mol. The van der Waals surface area contributed by atoms with E-state index in [9.17, 15) is 9.50 Å². The van der Waals surface area contributed by atoms with E-state index in [-0.39, 0.29) is 12.4 Å². The minimum absolute atomic E-state index is 0.286. The number of ether oxygens (including phenoxy) is 2. The predicted molar refractivity (Wildman–Crippen MR) is 79.4 cm³/mol. The third-order valence-electron chi connectivity index (χ3n) is 3.15. The van der Waals surface area contributed by atoms with E-state index in [1.54, 1.807) is 38.5 Å². The molecule has 0 aliphatic rings. The van der Waals surface area contributed by atoms with E-state index in [0.717, 1.165) is 5.69 Å². The molecule has 1 unspecified atom stereocenters. The van der Waals surface area contributed by atoms with Gasteiger partial charge in [0.25, 0.3) is 0 Å². The number of hydrogen-bond donors (Lipinski definition) is 2. The van der Waals surface area contributed by atoms with Crippen LogP contribution in [-0.2, 0) is 0 Å². The summed E-state index contributed by atoms with van der Waals surface area (Å²) in [6.07, 6.45) is -0.739. The van der Waals surface area contributed by atoms with Crippen LogP contribution in [0.25, 0.3) is 0 Å². The van der Waals surface area contributed by atoms with Gasteiger partial charge in [-0.05, 0) is 29.8 Å². The molecule has 21 heavy (non-hydrogen) atoms. The maximum Gasteiger partial charge on any atom is 0.145 e. The molecule has 4 nitrogen and oxygen atoms in total. The van der Waals surface area contributed by atoms with Crippen LogP contribution >= 0.6 is 0 Å². The molecule has 1 atom stereocenters. The number of hydrogen-bond acceptors (Lipinski definition) is 4. The second kappa shape index (κ2) is 6.95. The van der Waals surface area contributed by atoms with Crippen molar-refractivity contribution in [2.75, 3.05) is 26.1 Å². The predicted octanol–water partition coefficient (Wildman–Crippen LogP) is 2.99. The van der Waals surface area contributed by atoms with Crippen LogP contribution in [0.15, 0.2) is 42.5 Å². The highest BCUT2D eigenvalue weighted by Crippen LogP contribution is 2.29. The van der Waals surface area contributed by atoms with Crippen LogP contribution in [0.2, 0.25) is 0 Å². The third-order valence-corrected chi connectivity index (χ3v) is 3.15. The molecule has 0 amide bonds. The highest BCUT2D eigenvalue weighted by atomic mass is 19.1. The fourth-order valence-electron chi connectivity index (χ4n) is 1.95. The van der Waals surface area contributed by atoms with Crippen molar-refractivity contribution < 1.29 is 19.0 Å². The third kappa shape index (κ3) is 3.86. The first kappa shape index (κ1) is 15.1. The van der Waals surface area contributed by atoms with Crippen LogP contribution in [-0.4, -0.2) is 25.9 Å². The second-order valence-corrected chi connectivity index (χ2v) is 4.51. The van der Waals surface area contributed by atoms with Crippen molar-refractivity contribution >= 4 is 5.69 Å². The normalized spacial score (nSPS) is 11.8. The van der Waals surface area contributed by atoms with Gasteiger partial charge < -0.3 is 19.9 Å². The van der Waals surface area contributed by atoms with E-state index < -0.39 is 6.10 Å². The van der Waals surface area contributed by atoms with Crippen molar-refractivity contribution in [3.05, 3.63) is 53.8 Å². The molecule has 0 bridgehead atoms. The topological polar surface area (TPSA) is 50.7 Å². The quantitative estimate of drug-likeness (QED) is 0.859. The maximum atomic E-state index is 12.8. The summed E-state index contributed by atoms with van der Waals surface area (Å²) in [5.41, 5.74) is 1.40. The first-order valence-electron chi connectivity index (χ1n) is 6.53. The fraction of sp³-hybridized carbons (Fsp3) is 0.250. The van der Waals surface area contributed by atoms with Gasteiger partial charge in [0, 0.05) is 12.6 Å². The zero-order valence-electron chi connectivity index (χ0n) is 12.0. The molecule has 2 aromatic rings. The average molecular weight is 291 g/mol. The molecule has 0 aliphatic carbocycles. The Balaban J connectivity index is 2.03. The molecule has 0 aromatic heterocycles. The van der Waals surface area contributed by atoms with Gasteiger partial charge in [-0.15, -0.1) is 0 Å². The molecule has 0 fully saturated rings. The van der Waals surface area contributed by atoms with Gasteiger partial charge in [-0.25, -0.2) is 4.39 Å². The Bertz CT molecular complexity index is 587. The molecule has 112 valence electrons. The molecule has 2 aromatic carbocycles. The molecule has 0 saturated carbocycles. The second-order valence-electron chi connectivity index (χ2n) is 4.51. The lowest BCUT2D eigenvalue weighted by molar-refractivity contribution is 0.191. The standard InChI is InChI=1S/C16H18FNO3/c1-20-13-7-8-14(16(9-13)21-2)18-10-15(19)11-3-5-12(17)6-4-11/h3-9,15,18-19H,10H2,1-2H3. The summed E-state index contributed by atoms with van der Waals surface area (Å²) in [7, 11) is 3.15. The smallest absolute Gasteiger partial charge is 0.145 e. The lowest BCUT2D eigenvalue weighted by Gasteiger charge is -2.16. The molecule has 0 radical (unpaired) electrons. The number of halogens is 1. The van der Waals surface area contributed by atoms with E-state index in [1.807, 2.05) is 6.07 Å². The molecule has 0 aliphatic heterocycles. The first-order chi connectivity index (χ1) is 10.1. The SMILES string of the molecule is COc1ccc(NCC(O)c2ccc(F)cc2)c(OC)c1. The van der Waals surface area contributed by atoms with Gasteiger partial charge in [0.15, 0.2) is 0 Å². The lowest BCUT2D eigenvalue weighted by atomic mass is 10.1. The molecule has 2 rings (SSSR count). The first-order valence-corrected chi connectivity index (χ1v) is 6.53. The van der Waals surface area contributed by atoms with E-state index in [1.165, 1.54) is 12.1 Å². The van der Waals surface area contributed by atoms with E-state index in [2.05, 4.69) is 5.32 Å². The zero-order valence-corrected chi connectivity index (χ0v) is 12.0. The van der Waals surface area contributed by atoms with Crippen LogP contribution < -0.4 is 14.8 Å². The summed E-state index contributed by atoms with van der Waals surface area (Å²) in [5.74, 6) is 0.993. The largest absolute Gasteiger partial charge is 0.497 e. The molecule has 5 heteroatoms. The maximum absolute atomic E-state index is 12.8. The number of nitrogens with one attached hydrogen (secondary N) is 1. The molecule has 0 saturated heterocycles. The average Bonchev–Trinajstić information content (AvgIpc) is 2.53. The van der Waals surface area contributed by atoms with E-state index in [0.29, 0.717) is 17.1 Å². The Hall–Kier alpha value is -2.27. The Kier molecular flexibility index (Phi) is 5.00. The van der Waals surface area contributed by atoms with Gasteiger partial charge in [-0.1, -0.05) is 12.1 Å². The molecule has 2 N–H and O–H groups in total. The van der Waals surface area contributed by atoms with Crippen molar-refractivity contribution in [1.82, 2.24) is 0 Å². The minimum Gasteiger partial charge on any atom is -0.497 e. The van der Waals surface area contributed by atoms with E-state index in [4.69, 9.17) is 9.47 Å². The van der Waals surface area contributed by atoms with Gasteiger partial charge in [0.2, 0.25) is 0 Å². The highest BCUT2D eigenvalue weighted by Gasteiger charge is 2.10. The van der Waals surface area contributed by atoms with Crippen LogP contribution in [0.4, 0.5) is 10.1 Å². The Morgan fingerprint density at radius 2 is 1.81 bits per heavy atom.